The van der Waals surface area contributed by atoms with Crippen molar-refractivity contribution in [1.82, 2.24) is 15.1 Å². The lowest BCUT2D eigenvalue weighted by molar-refractivity contribution is 0.486. The number of nitrogens with one attached hydrogen (secondary N) is 1. The van der Waals surface area contributed by atoms with E-state index in [1.54, 1.807) is 19.3 Å². The molecule has 0 unspecified atom stereocenters. The van der Waals surface area contributed by atoms with Gasteiger partial charge in [0.25, 0.3) is 5.56 Å². The Balaban J connectivity index is 1.49. The van der Waals surface area contributed by atoms with Gasteiger partial charge in [-0.3, -0.25) is 4.79 Å². The van der Waals surface area contributed by atoms with Gasteiger partial charge in [-0.25, -0.2) is 4.68 Å². The van der Waals surface area contributed by atoms with E-state index in [4.69, 9.17) is 0 Å². The van der Waals surface area contributed by atoms with Crippen molar-refractivity contribution in [3.05, 3.63) is 22.6 Å². The molecule has 0 saturated carbocycles. The SMILES string of the molecule is Cn1ncc(N2CC[C@@H](CNC3CSCCSC3)C2)cc1=O. The van der Waals surface area contributed by atoms with Gasteiger partial charge >= 0.3 is 0 Å². The molecule has 2 saturated heterocycles. The standard InChI is InChI=1S/C15H24N4OS2/c1-18-15(20)6-14(8-17-18)19-3-2-12(9-19)7-16-13-10-21-4-5-22-11-13/h6,8,12-13,16H,2-5,7,9-11H2,1H3/t12-/m0/s1. The largest absolute Gasteiger partial charge is 0.370 e. The van der Waals surface area contributed by atoms with Crippen molar-refractivity contribution in [2.45, 2.75) is 12.5 Å². The summed E-state index contributed by atoms with van der Waals surface area (Å²) in [5.74, 6) is 5.72. The summed E-state index contributed by atoms with van der Waals surface area (Å²) in [6, 6.07) is 2.35. The number of anilines is 1. The molecule has 1 atom stereocenters. The van der Waals surface area contributed by atoms with Crippen LogP contribution in [-0.2, 0) is 7.05 Å². The van der Waals surface area contributed by atoms with Crippen molar-refractivity contribution in [2.24, 2.45) is 13.0 Å². The Morgan fingerprint density at radius 2 is 2.14 bits per heavy atom. The first-order chi connectivity index (χ1) is 10.7. The molecule has 0 amide bonds. The van der Waals surface area contributed by atoms with Crippen LogP contribution >= 0.6 is 23.5 Å². The van der Waals surface area contributed by atoms with Crippen LogP contribution in [0.3, 0.4) is 0 Å². The summed E-state index contributed by atoms with van der Waals surface area (Å²) < 4.78 is 1.38. The summed E-state index contributed by atoms with van der Waals surface area (Å²) in [4.78, 5) is 14.0. The normalized spacial score (nSPS) is 23.7. The predicted molar refractivity (Wildman–Crippen MR) is 96.2 cm³/mol. The zero-order valence-corrected chi connectivity index (χ0v) is 14.7. The van der Waals surface area contributed by atoms with Gasteiger partial charge in [0, 0.05) is 61.8 Å². The van der Waals surface area contributed by atoms with E-state index in [2.05, 4.69) is 38.8 Å². The second kappa shape index (κ2) is 7.75. The van der Waals surface area contributed by atoms with E-state index in [1.807, 2.05) is 0 Å². The Bertz CT molecular complexity index is 543. The summed E-state index contributed by atoms with van der Waals surface area (Å²) in [5, 5.41) is 7.87. The molecule has 7 heteroatoms. The van der Waals surface area contributed by atoms with E-state index >= 15 is 0 Å². The first-order valence-electron chi connectivity index (χ1n) is 7.89. The molecule has 0 aromatic carbocycles. The predicted octanol–water partition coefficient (Wildman–Crippen LogP) is 1.04. The van der Waals surface area contributed by atoms with Crippen LogP contribution in [0.1, 0.15) is 6.42 Å². The van der Waals surface area contributed by atoms with E-state index in [1.165, 1.54) is 34.1 Å². The minimum atomic E-state index is -0.0356. The van der Waals surface area contributed by atoms with Gasteiger partial charge in [-0.1, -0.05) is 0 Å². The number of aryl methyl sites for hydroxylation is 1. The zero-order valence-electron chi connectivity index (χ0n) is 13.0. The van der Waals surface area contributed by atoms with E-state index in [0.717, 1.165) is 25.3 Å². The van der Waals surface area contributed by atoms with Crippen LogP contribution in [0.5, 0.6) is 0 Å². The van der Waals surface area contributed by atoms with Crippen LogP contribution in [0.2, 0.25) is 0 Å². The average molecular weight is 341 g/mol. The van der Waals surface area contributed by atoms with Gasteiger partial charge in [0.05, 0.1) is 11.9 Å². The molecular formula is C15H24N4OS2. The number of rotatable bonds is 4. The summed E-state index contributed by atoms with van der Waals surface area (Å²) in [7, 11) is 1.69. The molecule has 0 radical (unpaired) electrons. The lowest BCUT2D eigenvalue weighted by Gasteiger charge is -2.20. The van der Waals surface area contributed by atoms with Crippen LogP contribution in [0.25, 0.3) is 0 Å². The molecule has 2 aliphatic rings. The molecular weight excluding hydrogens is 316 g/mol. The third-order valence-electron chi connectivity index (χ3n) is 4.31. The van der Waals surface area contributed by atoms with E-state index in [-0.39, 0.29) is 5.56 Å². The van der Waals surface area contributed by atoms with Gasteiger partial charge in [-0.05, 0) is 12.3 Å². The van der Waals surface area contributed by atoms with Gasteiger partial charge in [-0.15, -0.1) is 0 Å². The van der Waals surface area contributed by atoms with Crippen LogP contribution in [0, 0.1) is 5.92 Å². The molecule has 3 heterocycles. The Morgan fingerprint density at radius 3 is 2.86 bits per heavy atom. The minimum absolute atomic E-state index is 0.0356. The maximum atomic E-state index is 11.7. The lowest BCUT2D eigenvalue weighted by Crippen LogP contribution is -2.37. The van der Waals surface area contributed by atoms with Crippen LogP contribution in [0.4, 0.5) is 5.69 Å². The molecule has 1 aromatic heterocycles. The summed E-state index contributed by atoms with van der Waals surface area (Å²) >= 11 is 4.14. The Kier molecular flexibility index (Phi) is 5.71. The van der Waals surface area contributed by atoms with E-state index in [0.29, 0.717) is 12.0 Å². The number of hydrogen-bond donors (Lipinski definition) is 1. The maximum absolute atomic E-state index is 11.7. The van der Waals surface area contributed by atoms with Crippen molar-refractivity contribution in [3.8, 4) is 0 Å². The van der Waals surface area contributed by atoms with Crippen molar-refractivity contribution >= 4 is 29.2 Å². The molecule has 3 rings (SSSR count). The highest BCUT2D eigenvalue weighted by Gasteiger charge is 2.24. The van der Waals surface area contributed by atoms with Crippen molar-refractivity contribution in [2.75, 3.05) is 47.5 Å². The fraction of sp³-hybridized carbons (Fsp3) is 0.733. The van der Waals surface area contributed by atoms with Gasteiger partial charge in [0.15, 0.2) is 0 Å². The third kappa shape index (κ3) is 4.20. The molecule has 1 N–H and O–H groups in total. The zero-order chi connectivity index (χ0) is 15.4. The van der Waals surface area contributed by atoms with Crippen LogP contribution in [-0.4, -0.2) is 58.5 Å². The Labute approximate surface area is 140 Å². The minimum Gasteiger partial charge on any atom is -0.370 e. The van der Waals surface area contributed by atoms with Gasteiger partial charge in [0.2, 0.25) is 0 Å². The first-order valence-corrected chi connectivity index (χ1v) is 10.2. The monoisotopic (exact) mass is 340 g/mol. The molecule has 1 aromatic rings. The van der Waals surface area contributed by atoms with E-state index < -0.39 is 0 Å². The quantitative estimate of drug-likeness (QED) is 0.884. The summed E-state index contributed by atoms with van der Waals surface area (Å²) in [5.41, 5.74) is 0.928. The second-order valence-corrected chi connectivity index (χ2v) is 8.33. The summed E-state index contributed by atoms with van der Waals surface area (Å²) in [6.07, 6.45) is 2.99. The lowest BCUT2D eigenvalue weighted by atomic mass is 10.1. The second-order valence-electron chi connectivity index (χ2n) is 6.03. The topological polar surface area (TPSA) is 50.2 Å². The number of aromatic nitrogens is 2. The smallest absolute Gasteiger partial charge is 0.268 e. The third-order valence-corrected chi connectivity index (χ3v) is 6.83. The van der Waals surface area contributed by atoms with E-state index in [9.17, 15) is 4.79 Å². The molecule has 0 aliphatic carbocycles. The fourth-order valence-corrected chi connectivity index (χ4v) is 5.40. The molecule has 0 bridgehead atoms. The highest BCUT2D eigenvalue weighted by Crippen LogP contribution is 2.22. The average Bonchev–Trinajstić information content (AvgIpc) is 2.83. The van der Waals surface area contributed by atoms with Crippen molar-refractivity contribution in [3.63, 3.8) is 0 Å². The van der Waals surface area contributed by atoms with Gasteiger partial charge in [-0.2, -0.15) is 28.6 Å². The van der Waals surface area contributed by atoms with Gasteiger partial charge in [0.1, 0.15) is 0 Å². The van der Waals surface area contributed by atoms with Crippen molar-refractivity contribution in [1.29, 1.82) is 0 Å². The fourth-order valence-electron chi connectivity index (χ4n) is 2.93. The summed E-state index contributed by atoms with van der Waals surface area (Å²) in [6.45, 7) is 3.13. The number of nitrogens with zero attached hydrogens (tertiary/aromatic N) is 3. The van der Waals surface area contributed by atoms with Crippen molar-refractivity contribution < 1.29 is 0 Å². The van der Waals surface area contributed by atoms with Crippen LogP contribution in [0.15, 0.2) is 17.1 Å². The maximum Gasteiger partial charge on any atom is 0.268 e. The Morgan fingerprint density at radius 1 is 1.36 bits per heavy atom. The molecule has 0 spiro atoms. The molecule has 22 heavy (non-hydrogen) atoms. The molecule has 2 aliphatic heterocycles. The molecule has 5 nitrogen and oxygen atoms in total. The first kappa shape index (κ1) is 16.2. The highest BCUT2D eigenvalue weighted by atomic mass is 32.2. The number of thioether (sulfide) groups is 2. The van der Waals surface area contributed by atoms with Crippen LogP contribution < -0.4 is 15.8 Å². The number of hydrogen-bond acceptors (Lipinski definition) is 6. The Hall–Kier alpha value is -0.660. The van der Waals surface area contributed by atoms with Gasteiger partial charge < -0.3 is 10.2 Å². The molecule has 122 valence electrons. The highest BCUT2D eigenvalue weighted by molar-refractivity contribution is 8.03. The molecule has 2 fully saturated rings.